The van der Waals surface area contributed by atoms with Crippen LogP contribution in [-0.2, 0) is 4.79 Å². The third-order valence-corrected chi connectivity index (χ3v) is 5.63. The molecule has 0 amide bonds. The van der Waals surface area contributed by atoms with E-state index in [1.165, 1.54) is 6.42 Å². The smallest absolute Gasteiger partial charge is 0.303 e. The molecule has 1 aliphatic carbocycles. The SMILES string of the molecule is CCCCCC(C)C(O)/C=C/[C@@H]1[C@@H](C/C=C\CCCC(=O)O)[C@@H](O)C[C@H]1O. The molecule has 156 valence electrons. The molecule has 1 fully saturated rings. The average Bonchev–Trinajstić information content (AvgIpc) is 2.88. The van der Waals surface area contributed by atoms with Crippen LogP contribution in [0.15, 0.2) is 24.3 Å². The standard InChI is InChI=1S/C22H38O5/c1-3-4-7-10-16(2)19(23)14-13-18-17(20(24)15-21(18)25)11-8-5-6-9-12-22(26)27/h5,8,13-14,16-21,23-25H,3-4,6-7,9-12,15H2,1-2H3,(H,26,27)/b8-5-,14-13+/t16?,17-,18-,19?,20+,21-/m1/s1. The molecule has 1 aliphatic rings. The van der Waals surface area contributed by atoms with E-state index in [0.717, 1.165) is 19.3 Å². The molecule has 6 atom stereocenters. The van der Waals surface area contributed by atoms with Gasteiger partial charge in [-0.2, -0.15) is 0 Å². The fraction of sp³-hybridized carbons (Fsp3) is 0.773. The van der Waals surface area contributed by atoms with E-state index in [0.29, 0.717) is 25.7 Å². The van der Waals surface area contributed by atoms with E-state index in [1.807, 2.05) is 25.2 Å². The molecule has 0 aromatic heterocycles. The number of rotatable bonds is 13. The maximum atomic E-state index is 10.5. The summed E-state index contributed by atoms with van der Waals surface area (Å²) < 4.78 is 0. The highest BCUT2D eigenvalue weighted by Crippen LogP contribution is 2.36. The highest BCUT2D eigenvalue weighted by molar-refractivity contribution is 5.66. The van der Waals surface area contributed by atoms with Gasteiger partial charge in [0.2, 0.25) is 0 Å². The first kappa shape index (κ1) is 23.9. The summed E-state index contributed by atoms with van der Waals surface area (Å²) in [4.78, 5) is 10.5. The lowest BCUT2D eigenvalue weighted by molar-refractivity contribution is -0.137. The van der Waals surface area contributed by atoms with Gasteiger partial charge in [-0.05, 0) is 37.5 Å². The van der Waals surface area contributed by atoms with Crippen molar-refractivity contribution < 1.29 is 25.2 Å². The molecule has 27 heavy (non-hydrogen) atoms. The van der Waals surface area contributed by atoms with E-state index < -0.39 is 24.3 Å². The summed E-state index contributed by atoms with van der Waals surface area (Å²) >= 11 is 0. The van der Waals surface area contributed by atoms with Crippen molar-refractivity contribution in [3.8, 4) is 0 Å². The fourth-order valence-corrected chi connectivity index (χ4v) is 3.77. The van der Waals surface area contributed by atoms with Crippen LogP contribution in [0, 0.1) is 17.8 Å². The van der Waals surface area contributed by atoms with Crippen molar-refractivity contribution in [2.75, 3.05) is 0 Å². The Morgan fingerprint density at radius 1 is 1.15 bits per heavy atom. The predicted octanol–water partition coefficient (Wildman–Crippen LogP) is 3.68. The van der Waals surface area contributed by atoms with Gasteiger partial charge in [0.05, 0.1) is 18.3 Å². The molecule has 5 heteroatoms. The van der Waals surface area contributed by atoms with E-state index in [4.69, 9.17) is 5.11 Å². The van der Waals surface area contributed by atoms with Crippen LogP contribution in [0.3, 0.4) is 0 Å². The van der Waals surface area contributed by atoms with Gasteiger partial charge in [-0.15, -0.1) is 0 Å². The quantitative estimate of drug-likeness (QED) is 0.288. The summed E-state index contributed by atoms with van der Waals surface area (Å²) in [5, 5.41) is 39.5. The lowest BCUT2D eigenvalue weighted by Crippen LogP contribution is -2.21. The Morgan fingerprint density at radius 3 is 2.56 bits per heavy atom. The minimum Gasteiger partial charge on any atom is -0.481 e. The maximum absolute atomic E-state index is 10.5. The normalized spacial score (nSPS) is 28.2. The average molecular weight is 383 g/mol. The number of hydrogen-bond acceptors (Lipinski definition) is 4. The Bertz CT molecular complexity index is 473. The summed E-state index contributed by atoms with van der Waals surface area (Å²) in [5.74, 6) is -0.843. The van der Waals surface area contributed by atoms with Crippen LogP contribution in [0.2, 0.25) is 0 Å². The maximum Gasteiger partial charge on any atom is 0.303 e. The van der Waals surface area contributed by atoms with Crippen molar-refractivity contribution in [3.63, 3.8) is 0 Å². The predicted molar refractivity (Wildman–Crippen MR) is 107 cm³/mol. The van der Waals surface area contributed by atoms with Gasteiger partial charge in [0.15, 0.2) is 0 Å². The van der Waals surface area contributed by atoms with E-state index in [2.05, 4.69) is 6.92 Å². The largest absolute Gasteiger partial charge is 0.481 e. The van der Waals surface area contributed by atoms with Gasteiger partial charge in [0.25, 0.3) is 0 Å². The number of hydrogen-bond donors (Lipinski definition) is 4. The van der Waals surface area contributed by atoms with Gasteiger partial charge in [0.1, 0.15) is 0 Å². The van der Waals surface area contributed by atoms with Crippen molar-refractivity contribution in [3.05, 3.63) is 24.3 Å². The molecule has 0 bridgehead atoms. The Balaban J connectivity index is 2.52. The lowest BCUT2D eigenvalue weighted by atomic mass is 9.88. The summed E-state index contributed by atoms with van der Waals surface area (Å²) in [6, 6.07) is 0. The summed E-state index contributed by atoms with van der Waals surface area (Å²) in [6.45, 7) is 4.20. The molecule has 0 radical (unpaired) electrons. The number of carbonyl (C=O) groups is 1. The van der Waals surface area contributed by atoms with Crippen LogP contribution in [0.4, 0.5) is 0 Å². The number of aliphatic hydroxyl groups is 3. The van der Waals surface area contributed by atoms with Crippen LogP contribution in [-0.4, -0.2) is 44.7 Å². The Morgan fingerprint density at radius 2 is 1.89 bits per heavy atom. The third-order valence-electron chi connectivity index (χ3n) is 5.63. The van der Waals surface area contributed by atoms with Crippen LogP contribution in [0.25, 0.3) is 0 Å². The summed E-state index contributed by atoms with van der Waals surface area (Å²) in [6.07, 6.45) is 12.8. The second-order valence-electron chi connectivity index (χ2n) is 7.95. The summed E-state index contributed by atoms with van der Waals surface area (Å²) in [5.41, 5.74) is 0. The van der Waals surface area contributed by atoms with Gasteiger partial charge in [-0.3, -0.25) is 4.79 Å². The number of aliphatic carboxylic acids is 1. The molecule has 0 aromatic rings. The zero-order valence-electron chi connectivity index (χ0n) is 16.8. The second kappa shape index (κ2) is 13.1. The molecule has 1 saturated carbocycles. The Kier molecular flexibility index (Phi) is 11.6. The van der Waals surface area contributed by atoms with Gasteiger partial charge in [-0.25, -0.2) is 0 Å². The van der Waals surface area contributed by atoms with E-state index in [9.17, 15) is 20.1 Å². The van der Waals surface area contributed by atoms with E-state index in [-0.39, 0.29) is 24.2 Å². The van der Waals surface area contributed by atoms with E-state index in [1.54, 1.807) is 6.08 Å². The number of unbranched alkanes of at least 4 members (excludes halogenated alkanes) is 3. The summed E-state index contributed by atoms with van der Waals surface area (Å²) in [7, 11) is 0. The van der Waals surface area contributed by atoms with Gasteiger partial charge in [-0.1, -0.05) is 57.4 Å². The number of aliphatic hydroxyl groups excluding tert-OH is 3. The minimum absolute atomic E-state index is 0.0745. The van der Waals surface area contributed by atoms with Crippen molar-refractivity contribution in [1.82, 2.24) is 0 Å². The zero-order valence-corrected chi connectivity index (χ0v) is 16.8. The first-order valence-corrected chi connectivity index (χ1v) is 10.5. The Hall–Kier alpha value is -1.17. The first-order chi connectivity index (χ1) is 12.9. The molecule has 1 rings (SSSR count). The number of carboxylic acid groups (broad SMARTS) is 1. The van der Waals surface area contributed by atoms with Crippen molar-refractivity contribution in [2.45, 2.75) is 89.9 Å². The van der Waals surface area contributed by atoms with Gasteiger partial charge >= 0.3 is 5.97 Å². The van der Waals surface area contributed by atoms with Crippen molar-refractivity contribution >= 4 is 5.97 Å². The molecule has 0 heterocycles. The zero-order chi connectivity index (χ0) is 20.2. The second-order valence-corrected chi connectivity index (χ2v) is 7.95. The highest BCUT2D eigenvalue weighted by Gasteiger charge is 2.39. The van der Waals surface area contributed by atoms with Gasteiger partial charge < -0.3 is 20.4 Å². The van der Waals surface area contributed by atoms with Crippen LogP contribution in [0.1, 0.15) is 71.6 Å². The first-order valence-electron chi connectivity index (χ1n) is 10.5. The van der Waals surface area contributed by atoms with Gasteiger partial charge in [0, 0.05) is 18.8 Å². The topological polar surface area (TPSA) is 98.0 Å². The van der Waals surface area contributed by atoms with Crippen molar-refractivity contribution in [1.29, 1.82) is 0 Å². The van der Waals surface area contributed by atoms with E-state index >= 15 is 0 Å². The highest BCUT2D eigenvalue weighted by atomic mass is 16.4. The molecule has 5 nitrogen and oxygen atoms in total. The van der Waals surface area contributed by atoms with Crippen LogP contribution >= 0.6 is 0 Å². The number of carboxylic acids is 1. The molecular formula is C22H38O5. The molecule has 0 saturated heterocycles. The molecule has 0 spiro atoms. The minimum atomic E-state index is -0.787. The number of allylic oxidation sites excluding steroid dienone is 2. The van der Waals surface area contributed by atoms with Crippen molar-refractivity contribution in [2.24, 2.45) is 17.8 Å². The third kappa shape index (κ3) is 9.04. The Labute approximate surface area is 163 Å². The molecule has 0 aromatic carbocycles. The molecular weight excluding hydrogens is 344 g/mol. The molecule has 4 N–H and O–H groups in total. The fourth-order valence-electron chi connectivity index (χ4n) is 3.77. The lowest BCUT2D eigenvalue weighted by Gasteiger charge is -2.21. The molecule has 0 aliphatic heterocycles. The monoisotopic (exact) mass is 382 g/mol. The molecule has 2 unspecified atom stereocenters. The van der Waals surface area contributed by atoms with Crippen LogP contribution < -0.4 is 0 Å². The van der Waals surface area contributed by atoms with Crippen LogP contribution in [0.5, 0.6) is 0 Å².